The van der Waals surface area contributed by atoms with Crippen LogP contribution in [0.3, 0.4) is 0 Å². The van der Waals surface area contributed by atoms with E-state index >= 15 is 0 Å². The van der Waals surface area contributed by atoms with Gasteiger partial charge < -0.3 is 0 Å². The van der Waals surface area contributed by atoms with Crippen molar-refractivity contribution >= 4 is 15.8 Å². The lowest BCUT2D eigenvalue weighted by Crippen LogP contribution is -2.22. The standard InChI is InChI=1S/C28H50P2/c1-5-15-25(16-6-1)29(26-17-7-2-8-18-26)23-13-14-24-30(27-19-9-3-10-20-27)28-21-11-4-12-22-28/h1,5,25-28H,2-4,6-24H2. The molecule has 0 saturated heterocycles. The first kappa shape index (κ1) is 23.7. The molecule has 0 aliphatic heterocycles. The molecule has 0 heterocycles. The first-order valence-corrected chi connectivity index (χ1v) is 17.4. The predicted octanol–water partition coefficient (Wildman–Crippen LogP) is 9.84. The summed E-state index contributed by atoms with van der Waals surface area (Å²) in [6.45, 7) is 0. The van der Waals surface area contributed by atoms with Crippen molar-refractivity contribution in [3.63, 3.8) is 0 Å². The van der Waals surface area contributed by atoms with E-state index < -0.39 is 0 Å². The minimum absolute atomic E-state index is 0.299. The molecule has 0 aromatic heterocycles. The fraction of sp³-hybridized carbons (Fsp3) is 0.929. The lowest BCUT2D eigenvalue weighted by molar-refractivity contribution is 0.483. The summed E-state index contributed by atoms with van der Waals surface area (Å²) in [5.74, 6) is 0. The van der Waals surface area contributed by atoms with Gasteiger partial charge in [-0.05, 0) is 106 Å². The Morgan fingerprint density at radius 1 is 0.467 bits per heavy atom. The van der Waals surface area contributed by atoms with Crippen molar-refractivity contribution in [2.45, 2.75) is 151 Å². The molecular weight excluding hydrogens is 398 g/mol. The van der Waals surface area contributed by atoms with Gasteiger partial charge in [-0.3, -0.25) is 0 Å². The Bertz CT molecular complexity index is 465. The van der Waals surface area contributed by atoms with Crippen LogP contribution in [0.15, 0.2) is 12.2 Å². The van der Waals surface area contributed by atoms with Crippen molar-refractivity contribution in [3.05, 3.63) is 12.2 Å². The molecule has 4 rings (SSSR count). The van der Waals surface area contributed by atoms with Crippen LogP contribution in [0, 0.1) is 0 Å². The highest BCUT2D eigenvalue weighted by atomic mass is 31.1. The lowest BCUT2D eigenvalue weighted by Gasteiger charge is -2.39. The van der Waals surface area contributed by atoms with Crippen molar-refractivity contribution in [3.8, 4) is 0 Å². The Labute approximate surface area is 191 Å². The van der Waals surface area contributed by atoms with Crippen molar-refractivity contribution in [1.82, 2.24) is 0 Å². The third kappa shape index (κ3) is 7.05. The van der Waals surface area contributed by atoms with E-state index in [0.29, 0.717) is 15.8 Å². The Kier molecular flexibility index (Phi) is 10.6. The molecule has 172 valence electrons. The van der Waals surface area contributed by atoms with Gasteiger partial charge in [-0.2, -0.15) is 0 Å². The monoisotopic (exact) mass is 448 g/mol. The molecule has 0 bridgehead atoms. The van der Waals surface area contributed by atoms with E-state index in [2.05, 4.69) is 12.2 Å². The molecule has 4 aliphatic rings. The van der Waals surface area contributed by atoms with Crippen LogP contribution in [0.4, 0.5) is 0 Å². The molecule has 0 amide bonds. The number of rotatable bonds is 9. The Morgan fingerprint density at radius 2 is 0.900 bits per heavy atom. The summed E-state index contributed by atoms with van der Waals surface area (Å²) in [7, 11) is 0.638. The SMILES string of the molecule is C1=CCC(P(CCCCP(C2CCCCC2)C2CCCCC2)C2CCCCC2)CC1. The third-order valence-corrected chi connectivity index (χ3v) is 16.4. The molecule has 0 spiro atoms. The molecule has 3 fully saturated rings. The van der Waals surface area contributed by atoms with Crippen LogP contribution in [0.25, 0.3) is 0 Å². The molecule has 3 saturated carbocycles. The molecule has 0 aromatic carbocycles. The minimum Gasteiger partial charge on any atom is -0.100 e. The van der Waals surface area contributed by atoms with Crippen LogP contribution in [-0.2, 0) is 0 Å². The molecule has 30 heavy (non-hydrogen) atoms. The van der Waals surface area contributed by atoms with Gasteiger partial charge in [-0.25, -0.2) is 0 Å². The van der Waals surface area contributed by atoms with Crippen LogP contribution >= 0.6 is 15.8 Å². The van der Waals surface area contributed by atoms with E-state index in [9.17, 15) is 0 Å². The fourth-order valence-electron chi connectivity index (χ4n) is 7.23. The highest BCUT2D eigenvalue weighted by molar-refractivity contribution is 7.59. The van der Waals surface area contributed by atoms with E-state index in [0.717, 1.165) is 11.3 Å². The van der Waals surface area contributed by atoms with E-state index in [1.807, 2.05) is 0 Å². The number of allylic oxidation sites excluding steroid dienone is 2. The van der Waals surface area contributed by atoms with Gasteiger partial charge in [-0.1, -0.05) is 69.9 Å². The highest BCUT2D eigenvalue weighted by Gasteiger charge is 2.32. The predicted molar refractivity (Wildman–Crippen MR) is 140 cm³/mol. The van der Waals surface area contributed by atoms with Gasteiger partial charge in [0, 0.05) is 0 Å². The van der Waals surface area contributed by atoms with Gasteiger partial charge in [-0.15, -0.1) is 15.8 Å². The summed E-state index contributed by atoms with van der Waals surface area (Å²) < 4.78 is 0. The third-order valence-electron chi connectivity index (χ3n) is 8.92. The first-order valence-electron chi connectivity index (χ1n) is 14.1. The van der Waals surface area contributed by atoms with Crippen LogP contribution in [0.1, 0.15) is 128 Å². The second kappa shape index (κ2) is 13.3. The van der Waals surface area contributed by atoms with Gasteiger partial charge in [0.1, 0.15) is 0 Å². The molecule has 0 N–H and O–H groups in total. The summed E-state index contributed by atoms with van der Waals surface area (Å²) in [5, 5.41) is 0. The largest absolute Gasteiger partial charge is 0.100 e. The maximum Gasteiger partial charge on any atom is -0.0169 e. The summed E-state index contributed by atoms with van der Waals surface area (Å²) in [5.41, 5.74) is 4.56. The summed E-state index contributed by atoms with van der Waals surface area (Å²) in [4.78, 5) is 0. The second-order valence-electron chi connectivity index (χ2n) is 11.0. The molecule has 2 heteroatoms. The smallest absolute Gasteiger partial charge is 0.0169 e. The maximum absolute atomic E-state index is 2.54. The van der Waals surface area contributed by atoms with Gasteiger partial charge >= 0.3 is 0 Å². The zero-order valence-electron chi connectivity index (χ0n) is 19.9. The number of hydrogen-bond acceptors (Lipinski definition) is 0. The Hall–Kier alpha value is 0.600. The highest BCUT2D eigenvalue weighted by Crippen LogP contribution is 2.58. The summed E-state index contributed by atoms with van der Waals surface area (Å²) in [6.07, 6.45) is 39.3. The van der Waals surface area contributed by atoms with E-state index in [-0.39, 0.29) is 0 Å². The maximum atomic E-state index is 2.54. The molecule has 0 aromatic rings. The first-order chi connectivity index (χ1) is 14.9. The van der Waals surface area contributed by atoms with E-state index in [1.54, 1.807) is 102 Å². The molecule has 0 radical (unpaired) electrons. The van der Waals surface area contributed by atoms with Gasteiger partial charge in [0.05, 0.1) is 0 Å². The summed E-state index contributed by atoms with van der Waals surface area (Å²) >= 11 is 0. The normalized spacial score (nSPS) is 28.8. The zero-order chi connectivity index (χ0) is 20.4. The van der Waals surface area contributed by atoms with Crippen LogP contribution in [-0.4, -0.2) is 35.0 Å². The lowest BCUT2D eigenvalue weighted by atomic mass is 9.99. The van der Waals surface area contributed by atoms with Gasteiger partial charge in [0.15, 0.2) is 0 Å². The molecule has 0 nitrogen and oxygen atoms in total. The van der Waals surface area contributed by atoms with Crippen molar-refractivity contribution in [1.29, 1.82) is 0 Å². The quantitative estimate of drug-likeness (QED) is 0.187. The molecule has 2 unspecified atom stereocenters. The zero-order valence-corrected chi connectivity index (χ0v) is 21.7. The minimum atomic E-state index is 0.299. The fourth-order valence-corrected chi connectivity index (χ4v) is 15.0. The average Bonchev–Trinajstić information content (AvgIpc) is 2.84. The Balaban J connectivity index is 1.29. The molecular formula is C28H50P2. The van der Waals surface area contributed by atoms with Crippen molar-refractivity contribution in [2.24, 2.45) is 0 Å². The second-order valence-corrected chi connectivity index (χ2v) is 16.9. The topological polar surface area (TPSA) is 0 Å². The average molecular weight is 449 g/mol. The van der Waals surface area contributed by atoms with Crippen LogP contribution in [0.2, 0.25) is 0 Å². The van der Waals surface area contributed by atoms with Gasteiger partial charge in [0.25, 0.3) is 0 Å². The molecule has 4 aliphatic carbocycles. The van der Waals surface area contributed by atoms with Crippen molar-refractivity contribution in [2.75, 3.05) is 12.3 Å². The van der Waals surface area contributed by atoms with E-state index in [4.69, 9.17) is 0 Å². The van der Waals surface area contributed by atoms with Crippen molar-refractivity contribution < 1.29 is 0 Å². The van der Waals surface area contributed by atoms with Crippen LogP contribution in [0.5, 0.6) is 0 Å². The Morgan fingerprint density at radius 3 is 1.30 bits per heavy atom. The summed E-state index contributed by atoms with van der Waals surface area (Å²) in [6, 6.07) is 0. The number of hydrogen-bond donors (Lipinski definition) is 0. The molecule has 2 atom stereocenters. The van der Waals surface area contributed by atoms with Crippen LogP contribution < -0.4 is 0 Å². The number of unbranched alkanes of at least 4 members (excludes halogenated alkanes) is 1. The van der Waals surface area contributed by atoms with E-state index in [1.165, 1.54) is 49.8 Å². The van der Waals surface area contributed by atoms with Gasteiger partial charge in [0.2, 0.25) is 0 Å².